The monoisotopic (exact) mass is 227 g/mol. The van der Waals surface area contributed by atoms with Gasteiger partial charge in [0.05, 0.1) is 18.5 Å². The molecule has 0 fully saturated rings. The summed E-state index contributed by atoms with van der Waals surface area (Å²) in [5, 5.41) is 6.74. The molecule has 2 aromatic rings. The van der Waals surface area contributed by atoms with E-state index in [1.165, 1.54) is 6.20 Å². The molecule has 86 valence electrons. The summed E-state index contributed by atoms with van der Waals surface area (Å²) in [4.78, 5) is 0. The molecule has 0 spiro atoms. The van der Waals surface area contributed by atoms with Crippen LogP contribution in [-0.4, -0.2) is 9.78 Å². The standard InChI is InChI=1S/C10H11F2N3O/c11-10(12)15-4-3-8(14-15)6-13-7-9-2-1-5-16-9/h1-5,10,13H,6-7H2. The molecule has 16 heavy (non-hydrogen) atoms. The molecule has 0 unspecified atom stereocenters. The van der Waals surface area contributed by atoms with Gasteiger partial charge in [0.15, 0.2) is 0 Å². The van der Waals surface area contributed by atoms with E-state index in [4.69, 9.17) is 4.42 Å². The first-order valence-corrected chi connectivity index (χ1v) is 4.81. The number of hydrogen-bond acceptors (Lipinski definition) is 3. The minimum absolute atomic E-state index is 0.431. The van der Waals surface area contributed by atoms with Crippen molar-refractivity contribution in [1.29, 1.82) is 0 Å². The van der Waals surface area contributed by atoms with Crippen LogP contribution in [0.2, 0.25) is 0 Å². The normalized spacial score (nSPS) is 11.2. The molecular formula is C10H11F2N3O. The number of rotatable bonds is 5. The molecule has 0 aliphatic carbocycles. The van der Waals surface area contributed by atoms with Gasteiger partial charge in [0.2, 0.25) is 0 Å². The van der Waals surface area contributed by atoms with E-state index in [1.54, 1.807) is 18.4 Å². The zero-order valence-corrected chi connectivity index (χ0v) is 8.44. The van der Waals surface area contributed by atoms with Crippen LogP contribution in [0.4, 0.5) is 8.78 Å². The highest BCUT2D eigenvalue weighted by atomic mass is 19.3. The van der Waals surface area contributed by atoms with Crippen molar-refractivity contribution in [1.82, 2.24) is 15.1 Å². The van der Waals surface area contributed by atoms with Gasteiger partial charge in [-0.2, -0.15) is 13.9 Å². The average Bonchev–Trinajstić information content (AvgIpc) is 2.87. The minimum atomic E-state index is -2.58. The van der Waals surface area contributed by atoms with Crippen LogP contribution in [0.15, 0.2) is 35.1 Å². The second-order valence-electron chi connectivity index (χ2n) is 3.25. The lowest BCUT2D eigenvalue weighted by Crippen LogP contribution is -2.13. The summed E-state index contributed by atoms with van der Waals surface area (Å²) in [6.45, 7) is -1.60. The molecule has 0 atom stereocenters. The number of halogens is 2. The fraction of sp³-hybridized carbons (Fsp3) is 0.300. The van der Waals surface area contributed by atoms with E-state index in [0.717, 1.165) is 5.76 Å². The van der Waals surface area contributed by atoms with Crippen molar-refractivity contribution in [2.24, 2.45) is 0 Å². The van der Waals surface area contributed by atoms with Crippen molar-refractivity contribution < 1.29 is 13.2 Å². The Kier molecular flexibility index (Phi) is 3.31. The van der Waals surface area contributed by atoms with Crippen molar-refractivity contribution in [2.45, 2.75) is 19.6 Å². The predicted octanol–water partition coefficient (Wildman–Crippen LogP) is 2.16. The first kappa shape index (κ1) is 10.8. The Morgan fingerprint density at radius 2 is 2.25 bits per heavy atom. The van der Waals surface area contributed by atoms with E-state index in [0.29, 0.717) is 23.5 Å². The molecule has 0 radical (unpaired) electrons. The quantitative estimate of drug-likeness (QED) is 0.851. The van der Waals surface area contributed by atoms with E-state index in [9.17, 15) is 8.78 Å². The number of furan rings is 1. The molecule has 0 saturated carbocycles. The van der Waals surface area contributed by atoms with Crippen LogP contribution in [0.5, 0.6) is 0 Å². The molecule has 6 heteroatoms. The summed E-state index contributed by atoms with van der Waals surface area (Å²) in [6.07, 6.45) is 2.84. The molecule has 0 amide bonds. The minimum Gasteiger partial charge on any atom is -0.468 e. The van der Waals surface area contributed by atoms with Crippen molar-refractivity contribution >= 4 is 0 Å². The molecule has 4 nitrogen and oxygen atoms in total. The number of aromatic nitrogens is 2. The highest BCUT2D eigenvalue weighted by molar-refractivity contribution is 5.00. The molecule has 0 aliphatic rings. The van der Waals surface area contributed by atoms with Crippen LogP contribution in [-0.2, 0) is 13.1 Å². The molecule has 1 N–H and O–H groups in total. The van der Waals surface area contributed by atoms with E-state index < -0.39 is 6.55 Å². The number of nitrogens with one attached hydrogen (secondary N) is 1. The Bertz CT molecular complexity index is 425. The van der Waals surface area contributed by atoms with Gasteiger partial charge >= 0.3 is 6.55 Å². The van der Waals surface area contributed by atoms with Gasteiger partial charge in [0.25, 0.3) is 0 Å². The number of alkyl halides is 2. The highest BCUT2D eigenvalue weighted by Gasteiger charge is 2.06. The summed E-state index contributed by atoms with van der Waals surface area (Å²) in [7, 11) is 0. The van der Waals surface area contributed by atoms with E-state index in [1.807, 2.05) is 6.07 Å². The van der Waals surface area contributed by atoms with Crippen LogP contribution in [0.1, 0.15) is 18.0 Å². The first-order chi connectivity index (χ1) is 7.75. The van der Waals surface area contributed by atoms with Gasteiger partial charge in [-0.3, -0.25) is 0 Å². The molecule has 2 rings (SSSR count). The molecule has 0 aliphatic heterocycles. The summed E-state index contributed by atoms with van der Waals surface area (Å²) < 4.78 is 30.1. The lowest BCUT2D eigenvalue weighted by molar-refractivity contribution is 0.0561. The van der Waals surface area contributed by atoms with Crippen molar-refractivity contribution in [3.8, 4) is 0 Å². The highest BCUT2D eigenvalue weighted by Crippen LogP contribution is 2.08. The van der Waals surface area contributed by atoms with Gasteiger partial charge in [0, 0.05) is 12.7 Å². The summed E-state index contributed by atoms with van der Waals surface area (Å²) in [6, 6.07) is 5.19. The molecule has 0 saturated heterocycles. The van der Waals surface area contributed by atoms with Gasteiger partial charge in [-0.05, 0) is 18.2 Å². The lowest BCUT2D eigenvalue weighted by atomic mass is 10.4. The van der Waals surface area contributed by atoms with Crippen LogP contribution in [0, 0.1) is 0 Å². The van der Waals surface area contributed by atoms with Crippen LogP contribution in [0.3, 0.4) is 0 Å². The van der Waals surface area contributed by atoms with Gasteiger partial charge in [0.1, 0.15) is 5.76 Å². The average molecular weight is 227 g/mol. The first-order valence-electron chi connectivity index (χ1n) is 4.81. The topological polar surface area (TPSA) is 43.0 Å². The summed E-state index contributed by atoms with van der Waals surface area (Å²) >= 11 is 0. The van der Waals surface area contributed by atoms with Crippen molar-refractivity contribution in [3.63, 3.8) is 0 Å². The molecular weight excluding hydrogens is 216 g/mol. The van der Waals surface area contributed by atoms with Crippen LogP contribution >= 0.6 is 0 Å². The summed E-state index contributed by atoms with van der Waals surface area (Å²) in [5.41, 5.74) is 0.576. The molecule has 2 aromatic heterocycles. The van der Waals surface area contributed by atoms with Crippen molar-refractivity contribution in [2.75, 3.05) is 0 Å². The second kappa shape index (κ2) is 4.89. The number of nitrogens with zero attached hydrogens (tertiary/aromatic N) is 2. The van der Waals surface area contributed by atoms with Gasteiger partial charge in [-0.1, -0.05) is 0 Å². The van der Waals surface area contributed by atoms with Gasteiger partial charge < -0.3 is 9.73 Å². The predicted molar refractivity (Wildman–Crippen MR) is 52.7 cm³/mol. The largest absolute Gasteiger partial charge is 0.468 e. The Morgan fingerprint density at radius 3 is 2.88 bits per heavy atom. The van der Waals surface area contributed by atoms with E-state index >= 15 is 0 Å². The Morgan fingerprint density at radius 1 is 1.38 bits per heavy atom. The molecule has 0 bridgehead atoms. The summed E-state index contributed by atoms with van der Waals surface area (Å²) in [5.74, 6) is 0.799. The van der Waals surface area contributed by atoms with Gasteiger partial charge in [-0.15, -0.1) is 0 Å². The molecule has 0 aromatic carbocycles. The third-order valence-electron chi connectivity index (χ3n) is 2.05. The van der Waals surface area contributed by atoms with Gasteiger partial charge in [-0.25, -0.2) is 4.68 Å². The fourth-order valence-corrected chi connectivity index (χ4v) is 1.31. The zero-order valence-electron chi connectivity index (χ0n) is 8.44. The molecule has 2 heterocycles. The Balaban J connectivity index is 1.81. The maximum Gasteiger partial charge on any atom is 0.333 e. The Labute approximate surface area is 90.9 Å². The third-order valence-corrected chi connectivity index (χ3v) is 2.05. The smallest absolute Gasteiger partial charge is 0.333 e. The SMILES string of the molecule is FC(F)n1ccc(CNCc2ccco2)n1. The maximum atomic E-state index is 12.2. The van der Waals surface area contributed by atoms with Crippen LogP contribution in [0.25, 0.3) is 0 Å². The number of hydrogen-bond donors (Lipinski definition) is 1. The zero-order chi connectivity index (χ0) is 11.4. The van der Waals surface area contributed by atoms with Crippen molar-refractivity contribution in [3.05, 3.63) is 42.1 Å². The Hall–Kier alpha value is -1.69. The van der Waals surface area contributed by atoms with Crippen LogP contribution < -0.4 is 5.32 Å². The second-order valence-corrected chi connectivity index (χ2v) is 3.25. The fourth-order valence-electron chi connectivity index (χ4n) is 1.31. The maximum absolute atomic E-state index is 12.2. The van der Waals surface area contributed by atoms with E-state index in [-0.39, 0.29) is 0 Å². The third kappa shape index (κ3) is 2.66. The van der Waals surface area contributed by atoms with E-state index in [2.05, 4.69) is 10.4 Å². The lowest BCUT2D eigenvalue weighted by Gasteiger charge is -2.00.